The molecule has 0 radical (unpaired) electrons. The monoisotopic (exact) mass is 342 g/mol. The van der Waals surface area contributed by atoms with Crippen LogP contribution >= 0.6 is 0 Å². The van der Waals surface area contributed by atoms with Gasteiger partial charge in [-0.15, -0.1) is 0 Å². The summed E-state index contributed by atoms with van der Waals surface area (Å²) in [6.07, 6.45) is 0.803. The van der Waals surface area contributed by atoms with Crippen LogP contribution < -0.4 is 14.4 Å². The second-order valence-corrected chi connectivity index (χ2v) is 6.22. The molecule has 3 rings (SSSR count). The van der Waals surface area contributed by atoms with Crippen molar-refractivity contribution >= 4 is 5.69 Å². The molecule has 0 spiro atoms. The van der Waals surface area contributed by atoms with Crippen molar-refractivity contribution in [3.05, 3.63) is 63.2 Å². The van der Waals surface area contributed by atoms with Gasteiger partial charge in [0.1, 0.15) is 6.04 Å². The maximum Gasteiger partial charge on any atom is 0.228 e. The number of aryl methyl sites for hydroxylation is 1. The number of fused-ring (bicyclic) bond motifs is 1. The molecule has 25 heavy (non-hydrogen) atoms. The molecular formula is C19H22N2O4. The Morgan fingerprint density at radius 1 is 1.16 bits per heavy atom. The molecule has 1 aliphatic heterocycles. The molecule has 0 saturated carbocycles. The average Bonchev–Trinajstić information content (AvgIpc) is 2.61. The largest absolute Gasteiger partial charge is 0.493 e. The van der Waals surface area contributed by atoms with Crippen LogP contribution in [0.4, 0.5) is 5.69 Å². The van der Waals surface area contributed by atoms with Gasteiger partial charge in [-0.1, -0.05) is 17.7 Å². The molecule has 6 nitrogen and oxygen atoms in total. The molecule has 1 heterocycles. The first-order valence-corrected chi connectivity index (χ1v) is 8.23. The first-order valence-electron chi connectivity index (χ1n) is 8.23. The second kappa shape index (κ2) is 7.01. The molecule has 132 valence electrons. The molecule has 0 N–H and O–H groups in total. The van der Waals surface area contributed by atoms with E-state index in [-0.39, 0.29) is 17.5 Å². The zero-order valence-electron chi connectivity index (χ0n) is 14.7. The zero-order valence-corrected chi connectivity index (χ0v) is 14.7. The van der Waals surface area contributed by atoms with Gasteiger partial charge in [0.15, 0.2) is 11.5 Å². The molecule has 0 fully saturated rings. The Labute approximate surface area is 147 Å². The summed E-state index contributed by atoms with van der Waals surface area (Å²) in [4.78, 5) is 13.2. The Hall–Kier alpha value is -2.76. The van der Waals surface area contributed by atoms with Gasteiger partial charge in [-0.05, 0) is 48.7 Å². The van der Waals surface area contributed by atoms with Crippen molar-refractivity contribution in [1.82, 2.24) is 0 Å². The fraction of sp³-hybridized carbons (Fsp3) is 0.368. The minimum atomic E-state index is -0.332. The van der Waals surface area contributed by atoms with Crippen LogP contribution in [0.15, 0.2) is 36.4 Å². The molecule has 1 atom stereocenters. The first-order chi connectivity index (χ1) is 12.0. The van der Waals surface area contributed by atoms with E-state index in [0.29, 0.717) is 11.5 Å². The third-order valence-electron chi connectivity index (χ3n) is 4.69. The van der Waals surface area contributed by atoms with Crippen molar-refractivity contribution in [2.75, 3.05) is 32.2 Å². The van der Waals surface area contributed by atoms with Gasteiger partial charge in [0.05, 0.1) is 14.2 Å². The summed E-state index contributed by atoms with van der Waals surface area (Å²) in [7, 11) is 3.17. The highest BCUT2D eigenvalue weighted by atomic mass is 16.6. The number of hydrogen-bond acceptors (Lipinski definition) is 5. The van der Waals surface area contributed by atoms with Crippen LogP contribution in [0.25, 0.3) is 0 Å². The number of rotatable bonds is 5. The molecule has 0 aliphatic carbocycles. The van der Waals surface area contributed by atoms with Crippen molar-refractivity contribution < 1.29 is 14.4 Å². The fourth-order valence-corrected chi connectivity index (χ4v) is 3.41. The number of ether oxygens (including phenoxy) is 2. The summed E-state index contributed by atoms with van der Waals surface area (Å²) in [6.45, 7) is 2.60. The Morgan fingerprint density at radius 3 is 2.40 bits per heavy atom. The summed E-state index contributed by atoms with van der Waals surface area (Å²) < 4.78 is 10.8. The van der Waals surface area contributed by atoms with Gasteiger partial charge in [-0.2, -0.15) is 0 Å². The Morgan fingerprint density at radius 2 is 1.80 bits per heavy atom. The van der Waals surface area contributed by atoms with E-state index in [0.717, 1.165) is 29.8 Å². The van der Waals surface area contributed by atoms with Crippen LogP contribution in [0.5, 0.6) is 11.5 Å². The summed E-state index contributed by atoms with van der Waals surface area (Å²) >= 11 is 0. The van der Waals surface area contributed by atoms with E-state index < -0.39 is 0 Å². The summed E-state index contributed by atoms with van der Waals surface area (Å²) in [5, 5.41) is 11.3. The minimum Gasteiger partial charge on any atom is -0.493 e. The summed E-state index contributed by atoms with van der Waals surface area (Å²) in [6, 6.07) is 11.6. The van der Waals surface area contributed by atoms with E-state index in [1.165, 1.54) is 5.56 Å². The highest BCUT2D eigenvalue weighted by Gasteiger charge is 2.32. The van der Waals surface area contributed by atoms with E-state index in [2.05, 4.69) is 4.90 Å². The van der Waals surface area contributed by atoms with Gasteiger partial charge in [0.25, 0.3) is 0 Å². The van der Waals surface area contributed by atoms with Crippen LogP contribution in [0, 0.1) is 17.0 Å². The van der Waals surface area contributed by atoms with Crippen LogP contribution in [0.2, 0.25) is 0 Å². The molecule has 2 aromatic carbocycles. The number of anilines is 1. The van der Waals surface area contributed by atoms with Crippen molar-refractivity contribution in [2.45, 2.75) is 19.4 Å². The number of hydrogen-bond donors (Lipinski definition) is 0. The van der Waals surface area contributed by atoms with Gasteiger partial charge in [0, 0.05) is 17.2 Å². The Balaban J connectivity index is 2.06. The molecule has 2 aromatic rings. The maximum absolute atomic E-state index is 11.3. The smallest absolute Gasteiger partial charge is 0.228 e. The lowest BCUT2D eigenvalue weighted by atomic mass is 9.91. The molecule has 1 unspecified atom stereocenters. The molecular weight excluding hydrogens is 320 g/mol. The van der Waals surface area contributed by atoms with Gasteiger partial charge in [-0.25, -0.2) is 0 Å². The van der Waals surface area contributed by atoms with Gasteiger partial charge in [-0.3, -0.25) is 10.1 Å². The van der Waals surface area contributed by atoms with Crippen molar-refractivity contribution in [3.63, 3.8) is 0 Å². The fourth-order valence-electron chi connectivity index (χ4n) is 3.41. The lowest BCUT2D eigenvalue weighted by Gasteiger charge is -2.37. The topological polar surface area (TPSA) is 64.8 Å². The predicted molar refractivity (Wildman–Crippen MR) is 96.4 cm³/mol. The van der Waals surface area contributed by atoms with Crippen LogP contribution in [0.3, 0.4) is 0 Å². The highest BCUT2D eigenvalue weighted by Crippen LogP contribution is 2.39. The molecule has 0 saturated heterocycles. The van der Waals surface area contributed by atoms with Crippen molar-refractivity contribution in [3.8, 4) is 11.5 Å². The highest BCUT2D eigenvalue weighted by molar-refractivity contribution is 5.56. The predicted octanol–water partition coefficient (Wildman–Crippen LogP) is 3.39. The Kier molecular flexibility index (Phi) is 4.79. The number of benzene rings is 2. The third-order valence-corrected chi connectivity index (χ3v) is 4.69. The first kappa shape index (κ1) is 17.1. The Bertz CT molecular complexity index is 774. The van der Waals surface area contributed by atoms with Crippen LogP contribution in [-0.4, -0.2) is 32.2 Å². The second-order valence-electron chi connectivity index (χ2n) is 6.22. The SMILES string of the molecule is COc1cc2c(cc1OC)C(C[N+](=O)[O-])N(c1ccc(C)cc1)CC2. The van der Waals surface area contributed by atoms with E-state index in [1.807, 2.05) is 43.3 Å². The van der Waals surface area contributed by atoms with E-state index in [1.54, 1.807) is 14.2 Å². The van der Waals surface area contributed by atoms with Gasteiger partial charge >= 0.3 is 0 Å². The lowest BCUT2D eigenvalue weighted by molar-refractivity contribution is -0.483. The average molecular weight is 342 g/mol. The maximum atomic E-state index is 11.3. The van der Waals surface area contributed by atoms with Gasteiger partial charge in [0.2, 0.25) is 6.54 Å². The third kappa shape index (κ3) is 3.38. The van der Waals surface area contributed by atoms with E-state index in [9.17, 15) is 10.1 Å². The number of nitrogens with zero attached hydrogens (tertiary/aromatic N) is 2. The lowest BCUT2D eigenvalue weighted by Crippen LogP contribution is -2.39. The van der Waals surface area contributed by atoms with E-state index >= 15 is 0 Å². The number of nitro groups is 1. The summed E-state index contributed by atoms with van der Waals surface area (Å²) in [5.74, 6) is 1.25. The molecule has 6 heteroatoms. The molecule has 0 bridgehead atoms. The molecule has 1 aliphatic rings. The molecule has 0 aromatic heterocycles. The van der Waals surface area contributed by atoms with E-state index in [4.69, 9.17) is 9.47 Å². The number of methoxy groups -OCH3 is 2. The van der Waals surface area contributed by atoms with Crippen molar-refractivity contribution in [1.29, 1.82) is 0 Å². The quantitative estimate of drug-likeness (QED) is 0.615. The standard InChI is InChI=1S/C19H22N2O4/c1-13-4-6-15(7-5-13)20-9-8-14-10-18(24-2)19(25-3)11-16(14)17(20)12-21(22)23/h4-7,10-11,17H,8-9,12H2,1-3H3. The normalized spacial score (nSPS) is 16.3. The van der Waals surface area contributed by atoms with Crippen LogP contribution in [-0.2, 0) is 6.42 Å². The molecule has 0 amide bonds. The van der Waals surface area contributed by atoms with Crippen molar-refractivity contribution in [2.24, 2.45) is 0 Å². The minimum absolute atomic E-state index is 0.156. The van der Waals surface area contributed by atoms with Crippen LogP contribution in [0.1, 0.15) is 22.7 Å². The zero-order chi connectivity index (χ0) is 18.0. The summed E-state index contributed by atoms with van der Waals surface area (Å²) in [5.41, 5.74) is 4.17. The van der Waals surface area contributed by atoms with Gasteiger partial charge < -0.3 is 14.4 Å².